The van der Waals surface area contributed by atoms with Gasteiger partial charge in [0.15, 0.2) is 0 Å². The van der Waals surface area contributed by atoms with Crippen LogP contribution in [0.2, 0.25) is 0 Å². The molecule has 0 radical (unpaired) electrons. The van der Waals surface area contributed by atoms with Crippen LogP contribution in [0.3, 0.4) is 0 Å². The fourth-order valence-electron chi connectivity index (χ4n) is 2.03. The molecule has 3 rings (SSSR count). The summed E-state index contributed by atoms with van der Waals surface area (Å²) in [5.74, 6) is -0.259. The van der Waals surface area contributed by atoms with Gasteiger partial charge in [-0.15, -0.1) is 0 Å². The molecule has 0 bridgehead atoms. The van der Waals surface area contributed by atoms with E-state index in [1.807, 2.05) is 18.2 Å². The summed E-state index contributed by atoms with van der Waals surface area (Å²) in [5, 5.41) is 14.5. The number of aliphatic hydroxyl groups is 1. The predicted octanol–water partition coefficient (Wildman–Crippen LogP) is 1.80. The summed E-state index contributed by atoms with van der Waals surface area (Å²) in [5.41, 5.74) is 1.38. The van der Waals surface area contributed by atoms with Crippen LogP contribution >= 0.6 is 0 Å². The molecule has 3 aromatic rings. The summed E-state index contributed by atoms with van der Waals surface area (Å²) in [4.78, 5) is 11.3. The number of methoxy groups -OCH3 is 1. The van der Waals surface area contributed by atoms with Gasteiger partial charge in [-0.2, -0.15) is 5.10 Å². The molecule has 0 aliphatic rings. The molecule has 3 heterocycles. The zero-order chi connectivity index (χ0) is 14.1. The number of ether oxygens (including phenoxy) is 1. The molecular formula is C14H12N2O4. The van der Waals surface area contributed by atoms with Gasteiger partial charge in [-0.25, -0.2) is 9.31 Å². The lowest BCUT2D eigenvalue weighted by atomic mass is 10.1. The number of rotatable bonds is 3. The normalized spacial score (nSPS) is 12.5. The van der Waals surface area contributed by atoms with Gasteiger partial charge in [0.25, 0.3) is 0 Å². The van der Waals surface area contributed by atoms with Crippen molar-refractivity contribution in [2.75, 3.05) is 7.11 Å². The molecule has 0 aliphatic heterocycles. The van der Waals surface area contributed by atoms with Crippen molar-refractivity contribution in [2.24, 2.45) is 0 Å². The molecule has 102 valence electrons. The van der Waals surface area contributed by atoms with Crippen molar-refractivity contribution in [3.63, 3.8) is 0 Å². The Morgan fingerprint density at radius 1 is 1.40 bits per heavy atom. The minimum absolute atomic E-state index is 0.0537. The number of aromatic nitrogens is 2. The van der Waals surface area contributed by atoms with Crippen LogP contribution in [0.15, 0.2) is 47.1 Å². The van der Waals surface area contributed by atoms with Gasteiger partial charge in [0.2, 0.25) is 5.76 Å². The van der Waals surface area contributed by atoms with E-state index in [1.165, 1.54) is 13.2 Å². The van der Waals surface area contributed by atoms with Crippen molar-refractivity contribution in [2.45, 2.75) is 6.10 Å². The molecule has 6 nitrogen and oxygen atoms in total. The zero-order valence-corrected chi connectivity index (χ0v) is 10.7. The minimum Gasteiger partial charge on any atom is -0.463 e. The number of furan rings is 1. The second kappa shape index (κ2) is 4.82. The van der Waals surface area contributed by atoms with Crippen LogP contribution in [0.4, 0.5) is 0 Å². The summed E-state index contributed by atoms with van der Waals surface area (Å²) in [6.45, 7) is 0. The summed E-state index contributed by atoms with van der Waals surface area (Å²) >= 11 is 0. The van der Waals surface area contributed by atoms with Gasteiger partial charge in [-0.05, 0) is 24.3 Å². The molecule has 1 N–H and O–H groups in total. The Morgan fingerprint density at radius 2 is 2.25 bits per heavy atom. The summed E-state index contributed by atoms with van der Waals surface area (Å²) < 4.78 is 11.5. The van der Waals surface area contributed by atoms with E-state index in [-0.39, 0.29) is 11.5 Å². The Morgan fingerprint density at radius 3 is 3.05 bits per heavy atom. The lowest BCUT2D eigenvalue weighted by Gasteiger charge is -2.05. The highest BCUT2D eigenvalue weighted by molar-refractivity contribution is 5.86. The van der Waals surface area contributed by atoms with Crippen molar-refractivity contribution in [1.29, 1.82) is 0 Å². The van der Waals surface area contributed by atoms with Crippen LogP contribution in [-0.4, -0.2) is 27.8 Å². The quantitative estimate of drug-likeness (QED) is 0.736. The standard InChI is InChI=1S/C14H12N2O4/c1-19-14(18)12-6-5-11(20-12)13(17)9-8-15-16-7-3-2-4-10(9)16/h2-8,13,17H,1H3. The molecule has 0 amide bonds. The fourth-order valence-corrected chi connectivity index (χ4v) is 2.03. The maximum atomic E-state index is 11.3. The van der Waals surface area contributed by atoms with Crippen molar-refractivity contribution in [1.82, 2.24) is 9.61 Å². The first-order chi connectivity index (χ1) is 9.70. The highest BCUT2D eigenvalue weighted by atomic mass is 16.5. The highest BCUT2D eigenvalue weighted by Gasteiger charge is 2.21. The Hall–Kier alpha value is -2.60. The first-order valence-corrected chi connectivity index (χ1v) is 5.99. The first kappa shape index (κ1) is 12.4. The molecule has 20 heavy (non-hydrogen) atoms. The largest absolute Gasteiger partial charge is 0.463 e. The molecule has 1 atom stereocenters. The number of carbonyl (C=O) groups excluding carboxylic acids is 1. The molecular weight excluding hydrogens is 260 g/mol. The number of aliphatic hydroxyl groups excluding tert-OH is 1. The Labute approximate surface area is 114 Å². The van der Waals surface area contributed by atoms with Crippen molar-refractivity contribution in [3.8, 4) is 0 Å². The van der Waals surface area contributed by atoms with Crippen LogP contribution in [-0.2, 0) is 4.74 Å². The molecule has 1 unspecified atom stereocenters. The van der Waals surface area contributed by atoms with Crippen LogP contribution in [0.25, 0.3) is 5.52 Å². The van der Waals surface area contributed by atoms with E-state index in [0.717, 1.165) is 5.52 Å². The Kier molecular flexibility index (Phi) is 3.00. The number of hydrogen-bond acceptors (Lipinski definition) is 5. The number of fused-ring (bicyclic) bond motifs is 1. The average molecular weight is 272 g/mol. The lowest BCUT2D eigenvalue weighted by Crippen LogP contribution is -2.00. The van der Waals surface area contributed by atoms with E-state index >= 15 is 0 Å². The third-order valence-electron chi connectivity index (χ3n) is 3.03. The monoisotopic (exact) mass is 272 g/mol. The minimum atomic E-state index is -0.992. The van der Waals surface area contributed by atoms with Gasteiger partial charge < -0.3 is 14.3 Å². The second-order valence-electron chi connectivity index (χ2n) is 4.23. The average Bonchev–Trinajstić information content (AvgIpc) is 3.12. The lowest BCUT2D eigenvalue weighted by molar-refractivity contribution is 0.0558. The maximum absolute atomic E-state index is 11.3. The summed E-state index contributed by atoms with van der Waals surface area (Å²) in [6, 6.07) is 8.56. The molecule has 0 aromatic carbocycles. The first-order valence-electron chi connectivity index (χ1n) is 5.99. The Bertz CT molecular complexity index is 759. The van der Waals surface area contributed by atoms with E-state index in [1.54, 1.807) is 23.0 Å². The van der Waals surface area contributed by atoms with Gasteiger partial charge >= 0.3 is 5.97 Å². The van der Waals surface area contributed by atoms with E-state index in [9.17, 15) is 9.90 Å². The van der Waals surface area contributed by atoms with Crippen LogP contribution in [0.1, 0.15) is 28.0 Å². The van der Waals surface area contributed by atoms with Gasteiger partial charge in [0, 0.05) is 11.8 Å². The molecule has 6 heteroatoms. The summed E-state index contributed by atoms with van der Waals surface area (Å²) in [6.07, 6.45) is 2.36. The third-order valence-corrected chi connectivity index (χ3v) is 3.03. The summed E-state index contributed by atoms with van der Waals surface area (Å²) in [7, 11) is 1.27. The molecule has 0 saturated heterocycles. The third kappa shape index (κ3) is 1.96. The van der Waals surface area contributed by atoms with E-state index < -0.39 is 12.1 Å². The van der Waals surface area contributed by atoms with Gasteiger partial charge in [0.1, 0.15) is 11.9 Å². The van der Waals surface area contributed by atoms with Gasteiger partial charge in [-0.1, -0.05) is 6.07 Å². The highest BCUT2D eigenvalue weighted by Crippen LogP contribution is 2.27. The molecule has 0 spiro atoms. The van der Waals surface area contributed by atoms with Crippen LogP contribution < -0.4 is 0 Å². The molecule has 3 aromatic heterocycles. The van der Waals surface area contributed by atoms with Crippen LogP contribution in [0, 0.1) is 0 Å². The predicted molar refractivity (Wildman–Crippen MR) is 69.3 cm³/mol. The maximum Gasteiger partial charge on any atom is 0.373 e. The van der Waals surface area contributed by atoms with Crippen LogP contribution in [0.5, 0.6) is 0 Å². The molecule has 0 saturated carbocycles. The molecule has 0 fully saturated rings. The van der Waals surface area contributed by atoms with E-state index in [2.05, 4.69) is 9.84 Å². The smallest absolute Gasteiger partial charge is 0.373 e. The van der Waals surface area contributed by atoms with Crippen molar-refractivity contribution >= 4 is 11.5 Å². The van der Waals surface area contributed by atoms with Gasteiger partial charge in [-0.3, -0.25) is 0 Å². The number of pyridine rings is 1. The fraction of sp³-hybridized carbons (Fsp3) is 0.143. The Balaban J connectivity index is 1.98. The SMILES string of the molecule is COC(=O)c1ccc(C(O)c2cnn3ccccc23)o1. The topological polar surface area (TPSA) is 77.0 Å². The molecule has 0 aliphatic carbocycles. The second-order valence-corrected chi connectivity index (χ2v) is 4.23. The van der Waals surface area contributed by atoms with Crippen molar-refractivity contribution < 1.29 is 19.1 Å². The van der Waals surface area contributed by atoms with Crippen molar-refractivity contribution in [3.05, 3.63) is 59.8 Å². The number of nitrogens with zero attached hydrogens (tertiary/aromatic N) is 2. The number of hydrogen-bond donors (Lipinski definition) is 1. The van der Waals surface area contributed by atoms with E-state index in [0.29, 0.717) is 5.56 Å². The van der Waals surface area contributed by atoms with Gasteiger partial charge in [0.05, 0.1) is 18.8 Å². The van der Waals surface area contributed by atoms with E-state index in [4.69, 9.17) is 4.42 Å². The zero-order valence-electron chi connectivity index (χ0n) is 10.7. The number of esters is 1. The number of carbonyl (C=O) groups is 1.